The van der Waals surface area contributed by atoms with E-state index in [1.807, 2.05) is 6.92 Å². The van der Waals surface area contributed by atoms with E-state index in [0.717, 1.165) is 17.7 Å². The molecular weight excluding hydrogens is 229 g/mol. The third kappa shape index (κ3) is 3.57. The second-order valence-electron chi connectivity index (χ2n) is 3.92. The van der Waals surface area contributed by atoms with Gasteiger partial charge >= 0.3 is 0 Å². The number of hydrogen-bond donors (Lipinski definition) is 2. The molecule has 0 aliphatic heterocycles. The maximum Gasteiger partial charge on any atom is 0.194 e. The highest BCUT2D eigenvalue weighted by atomic mass is 19.2. The van der Waals surface area contributed by atoms with Crippen LogP contribution in [0.1, 0.15) is 18.5 Å². The Balaban J connectivity index is 2.92. The number of nitrogens with one attached hydrogen (secondary N) is 1. The molecule has 0 saturated carbocycles. The second kappa shape index (κ2) is 5.84. The maximum absolute atomic E-state index is 13.0. The summed E-state index contributed by atoms with van der Waals surface area (Å²) < 4.78 is 38.8. The monoisotopic (exact) mass is 244 g/mol. The van der Waals surface area contributed by atoms with Crippen LogP contribution in [0, 0.1) is 17.5 Å². The molecule has 0 aliphatic carbocycles. The van der Waals surface area contributed by atoms with Gasteiger partial charge in [0.25, 0.3) is 0 Å². The lowest BCUT2D eigenvalue weighted by Crippen LogP contribution is -2.29. The molecule has 1 aromatic carbocycles. The lowest BCUT2D eigenvalue weighted by Gasteiger charge is -2.17. The van der Waals surface area contributed by atoms with Crippen molar-refractivity contribution in [3.63, 3.8) is 0 Å². The van der Waals surface area contributed by atoms with Gasteiger partial charge in [-0.2, -0.15) is 0 Å². The van der Waals surface area contributed by atoms with Gasteiger partial charge in [-0.25, -0.2) is 13.2 Å². The van der Waals surface area contributed by atoms with Gasteiger partial charge in [0.15, 0.2) is 17.5 Å². The van der Waals surface area contributed by atoms with Gasteiger partial charge in [0, 0.05) is 19.1 Å². The fraction of sp³-hybridized carbons (Fsp3) is 0.333. The van der Waals surface area contributed by atoms with E-state index in [-0.39, 0.29) is 12.1 Å². The highest BCUT2D eigenvalue weighted by Gasteiger charge is 2.15. The van der Waals surface area contributed by atoms with Crippen molar-refractivity contribution in [1.82, 2.24) is 5.32 Å². The van der Waals surface area contributed by atoms with Crippen molar-refractivity contribution in [2.75, 3.05) is 13.1 Å². The highest BCUT2D eigenvalue weighted by Crippen LogP contribution is 2.18. The molecule has 1 atom stereocenters. The minimum atomic E-state index is -1.47. The van der Waals surface area contributed by atoms with Gasteiger partial charge in [0.2, 0.25) is 0 Å². The lowest BCUT2D eigenvalue weighted by molar-refractivity contribution is 0.440. The molecule has 1 unspecified atom stereocenters. The fourth-order valence-corrected chi connectivity index (χ4v) is 1.41. The Kier molecular flexibility index (Phi) is 4.72. The summed E-state index contributed by atoms with van der Waals surface area (Å²) in [5.41, 5.74) is 6.65. The average molecular weight is 244 g/mol. The Hall–Kier alpha value is -1.33. The molecule has 2 nitrogen and oxygen atoms in total. The Bertz CT molecular complexity index is 395. The Labute approximate surface area is 98.3 Å². The second-order valence-corrected chi connectivity index (χ2v) is 3.92. The van der Waals surface area contributed by atoms with E-state index in [1.54, 1.807) is 0 Å². The van der Waals surface area contributed by atoms with Crippen molar-refractivity contribution in [2.45, 2.75) is 13.0 Å². The molecule has 1 rings (SSSR count). The number of benzene rings is 1. The molecule has 5 heteroatoms. The number of halogens is 3. The van der Waals surface area contributed by atoms with E-state index in [4.69, 9.17) is 5.73 Å². The predicted octanol–water partition coefficient (Wildman–Crippen LogP) is 2.27. The summed E-state index contributed by atoms with van der Waals surface area (Å²) in [5, 5.41) is 2.98. The third-order valence-electron chi connectivity index (χ3n) is 2.29. The van der Waals surface area contributed by atoms with E-state index < -0.39 is 23.5 Å². The van der Waals surface area contributed by atoms with Gasteiger partial charge in [0.05, 0.1) is 0 Å². The molecule has 0 bridgehead atoms. The zero-order valence-corrected chi connectivity index (χ0v) is 9.56. The smallest absolute Gasteiger partial charge is 0.194 e. The van der Waals surface area contributed by atoms with Crippen LogP contribution in [0.15, 0.2) is 24.3 Å². The van der Waals surface area contributed by atoms with Gasteiger partial charge in [-0.1, -0.05) is 12.2 Å². The van der Waals surface area contributed by atoms with Crippen LogP contribution in [0.4, 0.5) is 13.2 Å². The first-order chi connectivity index (χ1) is 7.95. The van der Waals surface area contributed by atoms with Crippen LogP contribution < -0.4 is 11.1 Å². The van der Waals surface area contributed by atoms with Crippen LogP contribution in [-0.2, 0) is 0 Å². The van der Waals surface area contributed by atoms with Crippen LogP contribution in [0.25, 0.3) is 0 Å². The van der Waals surface area contributed by atoms with Gasteiger partial charge in [0.1, 0.15) is 0 Å². The van der Waals surface area contributed by atoms with E-state index in [0.29, 0.717) is 6.54 Å². The molecule has 17 heavy (non-hydrogen) atoms. The first kappa shape index (κ1) is 13.7. The molecule has 3 N–H and O–H groups in total. The SMILES string of the molecule is C=C(C)CNC(CN)c1cc(F)c(F)c(F)c1. The van der Waals surface area contributed by atoms with E-state index in [9.17, 15) is 13.2 Å². The van der Waals surface area contributed by atoms with Crippen LogP contribution in [-0.4, -0.2) is 13.1 Å². The summed E-state index contributed by atoms with van der Waals surface area (Å²) in [5.74, 6) is -3.89. The molecule has 0 radical (unpaired) electrons. The summed E-state index contributed by atoms with van der Waals surface area (Å²) in [6, 6.07) is 1.46. The first-order valence-electron chi connectivity index (χ1n) is 5.18. The van der Waals surface area contributed by atoms with Crippen molar-refractivity contribution >= 4 is 0 Å². The summed E-state index contributed by atoms with van der Waals surface area (Å²) in [6.45, 7) is 6.13. The Morgan fingerprint density at radius 1 is 1.35 bits per heavy atom. The van der Waals surface area contributed by atoms with Crippen LogP contribution >= 0.6 is 0 Å². The minimum Gasteiger partial charge on any atom is -0.329 e. The largest absolute Gasteiger partial charge is 0.329 e. The molecule has 0 saturated heterocycles. The summed E-state index contributed by atoms with van der Waals surface area (Å²) in [4.78, 5) is 0. The fourth-order valence-electron chi connectivity index (χ4n) is 1.41. The van der Waals surface area contributed by atoms with Crippen molar-refractivity contribution in [3.8, 4) is 0 Å². The first-order valence-corrected chi connectivity index (χ1v) is 5.18. The average Bonchev–Trinajstić information content (AvgIpc) is 2.26. The Morgan fingerprint density at radius 3 is 2.29 bits per heavy atom. The molecular formula is C12H15F3N2. The number of hydrogen-bond acceptors (Lipinski definition) is 2. The number of rotatable bonds is 5. The maximum atomic E-state index is 13.0. The van der Waals surface area contributed by atoms with Gasteiger partial charge in [-0.15, -0.1) is 0 Å². The molecule has 0 heterocycles. The van der Waals surface area contributed by atoms with Gasteiger partial charge < -0.3 is 11.1 Å². The van der Waals surface area contributed by atoms with Crippen molar-refractivity contribution < 1.29 is 13.2 Å². The number of nitrogens with two attached hydrogens (primary N) is 1. The molecule has 0 spiro atoms. The lowest BCUT2D eigenvalue weighted by atomic mass is 10.1. The molecule has 94 valence electrons. The topological polar surface area (TPSA) is 38.0 Å². The molecule has 0 aliphatic rings. The highest BCUT2D eigenvalue weighted by molar-refractivity contribution is 5.23. The van der Waals surface area contributed by atoms with Crippen LogP contribution in [0.3, 0.4) is 0 Å². The molecule has 1 aromatic rings. The van der Waals surface area contributed by atoms with Crippen LogP contribution in [0.5, 0.6) is 0 Å². The standard InChI is InChI=1S/C12H15F3N2/c1-7(2)6-17-11(5-16)8-3-9(13)12(15)10(14)4-8/h3-4,11,17H,1,5-6,16H2,2H3. The predicted molar refractivity (Wildman–Crippen MR) is 60.9 cm³/mol. The van der Waals surface area contributed by atoms with Crippen LogP contribution in [0.2, 0.25) is 0 Å². The molecule has 0 amide bonds. The van der Waals surface area contributed by atoms with Crippen molar-refractivity contribution in [1.29, 1.82) is 0 Å². The zero-order valence-electron chi connectivity index (χ0n) is 9.56. The van der Waals surface area contributed by atoms with Gasteiger partial charge in [-0.05, 0) is 24.6 Å². The van der Waals surface area contributed by atoms with Crippen molar-refractivity contribution in [3.05, 3.63) is 47.3 Å². The summed E-state index contributed by atoms with van der Waals surface area (Å²) in [7, 11) is 0. The summed E-state index contributed by atoms with van der Waals surface area (Å²) in [6.07, 6.45) is 0. The van der Waals surface area contributed by atoms with Gasteiger partial charge in [-0.3, -0.25) is 0 Å². The van der Waals surface area contributed by atoms with E-state index in [1.165, 1.54) is 0 Å². The quantitative estimate of drug-likeness (QED) is 0.616. The third-order valence-corrected chi connectivity index (χ3v) is 2.29. The molecule has 0 fully saturated rings. The summed E-state index contributed by atoms with van der Waals surface area (Å²) >= 11 is 0. The van der Waals surface area contributed by atoms with E-state index >= 15 is 0 Å². The Morgan fingerprint density at radius 2 is 1.88 bits per heavy atom. The molecule has 0 aromatic heterocycles. The zero-order chi connectivity index (χ0) is 13.0. The normalized spacial score (nSPS) is 12.5. The van der Waals surface area contributed by atoms with E-state index in [2.05, 4.69) is 11.9 Å². The minimum absolute atomic E-state index is 0.151. The van der Waals surface area contributed by atoms with Crippen molar-refractivity contribution in [2.24, 2.45) is 5.73 Å².